The largest absolute Gasteiger partial charge is 0.313 e. The molecular formula is C13H17ClFN. The van der Waals surface area contributed by atoms with Crippen molar-refractivity contribution in [1.29, 1.82) is 0 Å². The lowest BCUT2D eigenvalue weighted by Gasteiger charge is -2.07. The summed E-state index contributed by atoms with van der Waals surface area (Å²) in [6, 6.07) is 4.92. The number of hydrogen-bond donors (Lipinski definition) is 1. The Balaban J connectivity index is 2.37. The fraction of sp³-hybridized carbons (Fsp3) is 0.385. The minimum absolute atomic E-state index is 0.171. The molecule has 1 N–H and O–H groups in total. The standard InChI is InChI=1S/C13H17ClFN/c1-10(8-14)9-16-6-5-12-3-4-13(15)7-11(12)2/h3-4,7-8,16H,5-6,9H2,1-2H3/b10-8-. The van der Waals surface area contributed by atoms with Crippen LogP contribution in [0.25, 0.3) is 0 Å². The van der Waals surface area contributed by atoms with Crippen molar-refractivity contribution in [3.8, 4) is 0 Å². The number of benzene rings is 1. The molecule has 0 radical (unpaired) electrons. The van der Waals surface area contributed by atoms with Gasteiger partial charge in [0.05, 0.1) is 0 Å². The highest BCUT2D eigenvalue weighted by Crippen LogP contribution is 2.10. The van der Waals surface area contributed by atoms with E-state index in [0.717, 1.165) is 30.6 Å². The molecule has 1 aromatic rings. The van der Waals surface area contributed by atoms with Crippen LogP contribution in [0.2, 0.25) is 0 Å². The van der Waals surface area contributed by atoms with E-state index in [1.54, 1.807) is 11.6 Å². The van der Waals surface area contributed by atoms with E-state index in [1.165, 1.54) is 11.6 Å². The molecule has 0 bridgehead atoms. The predicted molar refractivity (Wildman–Crippen MR) is 67.3 cm³/mol. The molecule has 0 heterocycles. The topological polar surface area (TPSA) is 12.0 Å². The van der Waals surface area contributed by atoms with Crippen LogP contribution in [-0.4, -0.2) is 13.1 Å². The first-order valence-electron chi connectivity index (χ1n) is 5.35. The van der Waals surface area contributed by atoms with Crippen molar-refractivity contribution in [2.45, 2.75) is 20.3 Å². The van der Waals surface area contributed by atoms with Crippen LogP contribution in [0.3, 0.4) is 0 Å². The molecule has 0 atom stereocenters. The molecule has 16 heavy (non-hydrogen) atoms. The van der Waals surface area contributed by atoms with E-state index in [4.69, 9.17) is 11.6 Å². The number of nitrogens with one attached hydrogen (secondary N) is 1. The Kier molecular flexibility index (Phi) is 5.50. The second-order valence-corrected chi connectivity index (χ2v) is 4.17. The van der Waals surface area contributed by atoms with E-state index < -0.39 is 0 Å². The zero-order valence-corrected chi connectivity index (χ0v) is 10.4. The molecule has 0 amide bonds. The number of hydrogen-bond acceptors (Lipinski definition) is 1. The molecule has 0 saturated heterocycles. The summed E-state index contributed by atoms with van der Waals surface area (Å²) in [5.74, 6) is -0.171. The zero-order valence-electron chi connectivity index (χ0n) is 9.69. The summed E-state index contributed by atoms with van der Waals surface area (Å²) in [5, 5.41) is 3.28. The third-order valence-electron chi connectivity index (χ3n) is 2.47. The first-order valence-corrected chi connectivity index (χ1v) is 5.78. The van der Waals surface area contributed by atoms with Gasteiger partial charge in [-0.1, -0.05) is 17.7 Å². The molecule has 0 saturated carbocycles. The van der Waals surface area contributed by atoms with Gasteiger partial charge in [-0.25, -0.2) is 4.39 Å². The molecule has 0 spiro atoms. The monoisotopic (exact) mass is 241 g/mol. The predicted octanol–water partition coefficient (Wildman–Crippen LogP) is 3.41. The van der Waals surface area contributed by atoms with Gasteiger partial charge in [-0.2, -0.15) is 0 Å². The van der Waals surface area contributed by atoms with Crippen molar-refractivity contribution in [2.75, 3.05) is 13.1 Å². The fourth-order valence-electron chi connectivity index (χ4n) is 1.49. The van der Waals surface area contributed by atoms with Crippen LogP contribution >= 0.6 is 11.6 Å². The van der Waals surface area contributed by atoms with Gasteiger partial charge in [0.2, 0.25) is 0 Å². The van der Waals surface area contributed by atoms with Crippen LogP contribution < -0.4 is 5.32 Å². The third-order valence-corrected chi connectivity index (χ3v) is 2.84. The minimum atomic E-state index is -0.171. The van der Waals surface area contributed by atoms with Crippen LogP contribution in [-0.2, 0) is 6.42 Å². The van der Waals surface area contributed by atoms with Gasteiger partial charge < -0.3 is 5.32 Å². The van der Waals surface area contributed by atoms with Gasteiger partial charge in [0.25, 0.3) is 0 Å². The number of aryl methyl sites for hydroxylation is 1. The van der Waals surface area contributed by atoms with Gasteiger partial charge in [-0.15, -0.1) is 0 Å². The lowest BCUT2D eigenvalue weighted by molar-refractivity contribution is 0.625. The van der Waals surface area contributed by atoms with Crippen molar-refractivity contribution in [2.24, 2.45) is 0 Å². The second-order valence-electron chi connectivity index (χ2n) is 3.95. The first kappa shape index (κ1) is 13.2. The maximum absolute atomic E-state index is 12.8. The molecular weight excluding hydrogens is 225 g/mol. The summed E-state index contributed by atoms with van der Waals surface area (Å²) in [5.41, 5.74) is 4.88. The average Bonchev–Trinajstić information content (AvgIpc) is 2.26. The van der Waals surface area contributed by atoms with E-state index in [9.17, 15) is 4.39 Å². The Morgan fingerprint density at radius 3 is 2.88 bits per heavy atom. The molecule has 1 aromatic carbocycles. The molecule has 0 aromatic heterocycles. The molecule has 0 aliphatic carbocycles. The van der Waals surface area contributed by atoms with E-state index in [1.807, 2.05) is 19.9 Å². The summed E-state index contributed by atoms with van der Waals surface area (Å²) >= 11 is 5.55. The fourth-order valence-corrected chi connectivity index (χ4v) is 1.56. The Bertz CT molecular complexity index is 374. The van der Waals surface area contributed by atoms with E-state index >= 15 is 0 Å². The Morgan fingerprint density at radius 1 is 1.50 bits per heavy atom. The molecule has 0 aliphatic rings. The highest BCUT2D eigenvalue weighted by Gasteiger charge is 1.99. The summed E-state index contributed by atoms with van der Waals surface area (Å²) in [6.07, 6.45) is 0.904. The van der Waals surface area contributed by atoms with E-state index in [0.29, 0.717) is 0 Å². The van der Waals surface area contributed by atoms with Crippen LogP contribution in [0.1, 0.15) is 18.1 Å². The molecule has 0 fully saturated rings. The molecule has 88 valence electrons. The lowest BCUT2D eigenvalue weighted by atomic mass is 10.1. The number of halogens is 2. The van der Waals surface area contributed by atoms with Crippen molar-refractivity contribution in [1.82, 2.24) is 5.32 Å². The van der Waals surface area contributed by atoms with Gasteiger partial charge in [0.15, 0.2) is 0 Å². The molecule has 1 rings (SSSR count). The summed E-state index contributed by atoms with van der Waals surface area (Å²) in [6.45, 7) is 5.57. The first-order chi connectivity index (χ1) is 7.63. The van der Waals surface area contributed by atoms with E-state index in [-0.39, 0.29) is 5.82 Å². The van der Waals surface area contributed by atoms with Crippen molar-refractivity contribution in [3.63, 3.8) is 0 Å². The van der Waals surface area contributed by atoms with Crippen LogP contribution in [0.5, 0.6) is 0 Å². The highest BCUT2D eigenvalue weighted by molar-refractivity contribution is 6.25. The van der Waals surface area contributed by atoms with Gasteiger partial charge in [0, 0.05) is 12.1 Å². The highest BCUT2D eigenvalue weighted by atomic mass is 35.5. The smallest absolute Gasteiger partial charge is 0.123 e. The lowest BCUT2D eigenvalue weighted by Crippen LogP contribution is -2.19. The summed E-state index contributed by atoms with van der Waals surface area (Å²) in [4.78, 5) is 0. The second kappa shape index (κ2) is 6.66. The van der Waals surface area contributed by atoms with Crippen LogP contribution in [0, 0.1) is 12.7 Å². The molecule has 3 heteroatoms. The van der Waals surface area contributed by atoms with Gasteiger partial charge in [-0.05, 0) is 55.6 Å². The quantitative estimate of drug-likeness (QED) is 0.779. The van der Waals surface area contributed by atoms with Crippen molar-refractivity contribution >= 4 is 11.6 Å². The van der Waals surface area contributed by atoms with Gasteiger partial charge in [-0.3, -0.25) is 0 Å². The maximum atomic E-state index is 12.8. The van der Waals surface area contributed by atoms with Gasteiger partial charge in [0.1, 0.15) is 5.82 Å². The SMILES string of the molecule is C/C(=C/Cl)CNCCc1ccc(F)cc1C. The molecule has 0 unspecified atom stereocenters. The Hall–Kier alpha value is -0.860. The molecule has 1 nitrogen and oxygen atoms in total. The minimum Gasteiger partial charge on any atom is -0.313 e. The van der Waals surface area contributed by atoms with Crippen molar-refractivity contribution in [3.05, 3.63) is 46.3 Å². The van der Waals surface area contributed by atoms with Gasteiger partial charge >= 0.3 is 0 Å². The van der Waals surface area contributed by atoms with Crippen LogP contribution in [0.15, 0.2) is 29.3 Å². The Morgan fingerprint density at radius 2 is 2.25 bits per heavy atom. The van der Waals surface area contributed by atoms with E-state index in [2.05, 4.69) is 5.32 Å². The average molecular weight is 242 g/mol. The zero-order chi connectivity index (χ0) is 12.0. The summed E-state index contributed by atoms with van der Waals surface area (Å²) in [7, 11) is 0. The summed E-state index contributed by atoms with van der Waals surface area (Å²) < 4.78 is 12.8. The maximum Gasteiger partial charge on any atom is 0.123 e. The molecule has 0 aliphatic heterocycles. The van der Waals surface area contributed by atoms with Crippen molar-refractivity contribution < 1.29 is 4.39 Å². The number of rotatable bonds is 5. The third kappa shape index (κ3) is 4.33. The normalized spacial score (nSPS) is 11.9. The Labute approximate surface area is 101 Å². The van der Waals surface area contributed by atoms with Crippen LogP contribution in [0.4, 0.5) is 4.39 Å².